The molecule has 0 radical (unpaired) electrons. The van der Waals surface area contributed by atoms with Gasteiger partial charge in [0.1, 0.15) is 0 Å². The predicted octanol–water partition coefficient (Wildman–Crippen LogP) is 23.0. The molecule has 0 heterocycles. The molecule has 0 aliphatic carbocycles. The molecule has 12 rings (SSSR count). The Hall–Kier alpha value is -9.12. The molecule has 0 N–H and O–H groups in total. The Labute approximate surface area is 499 Å². The van der Waals surface area contributed by atoms with Crippen molar-refractivity contribution in [2.24, 2.45) is 0 Å². The van der Waals surface area contributed by atoms with Gasteiger partial charge in [-0.3, -0.25) is 0 Å². The molecular formula is C80H78N4. The Morgan fingerprint density at radius 3 is 0.548 bits per heavy atom. The van der Waals surface area contributed by atoms with Crippen LogP contribution in [-0.2, 0) is 51.4 Å². The molecule has 0 atom stereocenters. The number of rotatable bonds is 20. The largest absolute Gasteiger partial charge is 0.309 e. The fourth-order valence-electron chi connectivity index (χ4n) is 13.5. The summed E-state index contributed by atoms with van der Waals surface area (Å²) in [6, 6.07) is 87.4. The summed E-state index contributed by atoms with van der Waals surface area (Å²) in [7, 11) is 0. The van der Waals surface area contributed by atoms with Gasteiger partial charge in [0.25, 0.3) is 0 Å². The van der Waals surface area contributed by atoms with E-state index in [1.807, 2.05) is 0 Å². The predicted molar refractivity (Wildman–Crippen MR) is 364 cm³/mol. The summed E-state index contributed by atoms with van der Waals surface area (Å²) < 4.78 is 0. The summed E-state index contributed by atoms with van der Waals surface area (Å²) in [6.07, 6.45) is 7.11. The van der Waals surface area contributed by atoms with Crippen molar-refractivity contribution in [1.82, 2.24) is 0 Å². The molecule has 0 saturated carbocycles. The molecule has 84 heavy (non-hydrogen) atoms. The zero-order valence-corrected chi connectivity index (χ0v) is 50.4. The van der Waals surface area contributed by atoms with Crippen LogP contribution in [0.5, 0.6) is 0 Å². The Morgan fingerprint density at radius 2 is 0.381 bits per heavy atom. The van der Waals surface area contributed by atoms with E-state index in [9.17, 15) is 0 Å². The van der Waals surface area contributed by atoms with Gasteiger partial charge in [0.2, 0.25) is 0 Å². The van der Waals surface area contributed by atoms with Crippen LogP contribution < -0.4 is 19.6 Å². The number of para-hydroxylation sites is 8. The Balaban J connectivity index is 1.36. The van der Waals surface area contributed by atoms with Crippen LogP contribution in [0.15, 0.2) is 231 Å². The fourth-order valence-corrected chi connectivity index (χ4v) is 13.5. The number of aryl methyl sites for hydroxylation is 8. The monoisotopic (exact) mass is 1090 g/mol. The van der Waals surface area contributed by atoms with E-state index in [2.05, 4.69) is 306 Å². The van der Waals surface area contributed by atoms with Crippen LogP contribution >= 0.6 is 0 Å². The number of nitrogens with zero attached hydrogens (tertiary/aromatic N) is 4. The topological polar surface area (TPSA) is 13.0 Å². The van der Waals surface area contributed by atoms with Gasteiger partial charge in [-0.1, -0.05) is 225 Å². The van der Waals surface area contributed by atoms with Gasteiger partial charge in [0.05, 0.1) is 45.5 Å². The normalized spacial score (nSPS) is 11.5. The van der Waals surface area contributed by atoms with Crippen molar-refractivity contribution in [3.05, 3.63) is 275 Å². The molecule has 418 valence electrons. The Kier molecular flexibility index (Phi) is 16.1. The summed E-state index contributed by atoms with van der Waals surface area (Å²) in [6.45, 7) is 18.5. The van der Waals surface area contributed by atoms with Gasteiger partial charge in [-0.15, -0.1) is 0 Å². The lowest BCUT2D eigenvalue weighted by Crippen LogP contribution is -2.19. The van der Waals surface area contributed by atoms with Crippen LogP contribution in [0.3, 0.4) is 0 Å². The van der Waals surface area contributed by atoms with Crippen molar-refractivity contribution in [2.45, 2.75) is 107 Å². The number of hydrogen-bond donors (Lipinski definition) is 0. The quantitative estimate of drug-likeness (QED) is 0.0705. The van der Waals surface area contributed by atoms with Crippen LogP contribution in [0.1, 0.15) is 99.9 Å². The van der Waals surface area contributed by atoms with Crippen molar-refractivity contribution >= 4 is 101 Å². The maximum atomic E-state index is 2.62. The molecule has 0 amide bonds. The number of anilines is 12. The zero-order valence-electron chi connectivity index (χ0n) is 50.4. The summed E-state index contributed by atoms with van der Waals surface area (Å²) in [5.74, 6) is 0. The van der Waals surface area contributed by atoms with Gasteiger partial charge in [-0.25, -0.2) is 0 Å². The standard InChI is InChI=1S/C80H78N4/c1-9-55-33-29-34-56(10-2)77(55)81(63-41-21-17-22-42-63)71-53-72(82(64-43-23-18-24-44-64)78-57(11-3)35-30-36-58(78)12-4)68-51-52-70-74(84(66-47-27-20-28-48-66)80-61(15-7)39-32-40-62(80)16-8)54-73(69-50-49-67(71)75(68)76(69)70)83(65-45-25-19-26-46-65)79-59(13-5)37-31-38-60(79)14-6/h17-54H,9-16H2,1-8H3. The molecule has 0 unspecified atom stereocenters. The number of benzene rings is 12. The van der Waals surface area contributed by atoms with E-state index < -0.39 is 0 Å². The molecular weight excluding hydrogens is 1020 g/mol. The van der Waals surface area contributed by atoms with Crippen LogP contribution in [0, 0.1) is 0 Å². The minimum absolute atomic E-state index is 0.889. The van der Waals surface area contributed by atoms with E-state index in [0.717, 1.165) is 96.9 Å². The van der Waals surface area contributed by atoms with Crippen LogP contribution in [-0.4, -0.2) is 0 Å². The highest BCUT2D eigenvalue weighted by molar-refractivity contribution is 6.33. The molecule has 0 aromatic heterocycles. The third-order valence-corrected chi connectivity index (χ3v) is 17.6. The van der Waals surface area contributed by atoms with Gasteiger partial charge < -0.3 is 19.6 Å². The molecule has 0 aliphatic heterocycles. The van der Waals surface area contributed by atoms with Gasteiger partial charge in [0, 0.05) is 55.1 Å². The first-order valence-corrected chi connectivity index (χ1v) is 31.0. The Morgan fingerprint density at radius 1 is 0.202 bits per heavy atom. The molecule has 4 nitrogen and oxygen atoms in total. The second-order valence-electron chi connectivity index (χ2n) is 22.1. The minimum atomic E-state index is 0.889. The van der Waals surface area contributed by atoms with E-state index in [-0.39, 0.29) is 0 Å². The highest BCUT2D eigenvalue weighted by Crippen LogP contribution is 2.57. The third-order valence-electron chi connectivity index (χ3n) is 17.6. The van der Waals surface area contributed by atoms with Crippen molar-refractivity contribution < 1.29 is 0 Å². The van der Waals surface area contributed by atoms with Crippen LogP contribution in [0.25, 0.3) is 32.3 Å². The first kappa shape index (κ1) is 55.4. The van der Waals surface area contributed by atoms with E-state index in [0.29, 0.717) is 0 Å². The molecule has 0 fully saturated rings. The maximum absolute atomic E-state index is 2.62. The van der Waals surface area contributed by atoms with E-state index in [4.69, 9.17) is 0 Å². The van der Waals surface area contributed by atoms with E-state index in [1.54, 1.807) is 0 Å². The summed E-state index contributed by atoms with van der Waals surface area (Å²) >= 11 is 0. The molecule has 0 spiro atoms. The van der Waals surface area contributed by atoms with Gasteiger partial charge in [-0.2, -0.15) is 0 Å². The van der Waals surface area contributed by atoms with Gasteiger partial charge in [0.15, 0.2) is 0 Å². The number of hydrogen-bond acceptors (Lipinski definition) is 4. The molecule has 12 aromatic carbocycles. The molecule has 0 aliphatic rings. The summed E-state index contributed by atoms with van der Waals surface area (Å²) in [4.78, 5) is 10.5. The smallest absolute Gasteiger partial charge is 0.0561 e. The van der Waals surface area contributed by atoms with Gasteiger partial charge in [-0.05, 0) is 157 Å². The molecule has 0 bridgehead atoms. The third kappa shape index (κ3) is 9.71. The summed E-state index contributed by atoms with van der Waals surface area (Å²) in [5, 5.41) is 7.26. The van der Waals surface area contributed by atoms with Crippen LogP contribution in [0.4, 0.5) is 68.2 Å². The van der Waals surface area contributed by atoms with Crippen molar-refractivity contribution in [3.63, 3.8) is 0 Å². The Bertz CT molecular complexity index is 3610. The van der Waals surface area contributed by atoms with E-state index >= 15 is 0 Å². The molecule has 12 aromatic rings. The summed E-state index contributed by atoms with van der Waals surface area (Å²) in [5.41, 5.74) is 24.6. The minimum Gasteiger partial charge on any atom is -0.309 e. The SMILES string of the molecule is CCc1cccc(CC)c1N(c1ccccc1)c1cc(N(c2ccccc2)c2c(CC)cccc2CC)c2ccc3c(N(c4ccccc4)c4c(CC)cccc4CC)cc(N(c4ccccc4)c4c(CC)cccc4CC)c4ccc1c2c43. The second kappa shape index (κ2) is 24.4. The van der Waals surface area contributed by atoms with Crippen molar-refractivity contribution in [2.75, 3.05) is 19.6 Å². The lowest BCUT2D eigenvalue weighted by molar-refractivity contribution is 1.06. The highest BCUT2D eigenvalue weighted by Gasteiger charge is 2.32. The average Bonchev–Trinajstić information content (AvgIpc) is 0.944. The maximum Gasteiger partial charge on any atom is 0.0561 e. The van der Waals surface area contributed by atoms with Crippen LogP contribution in [0.2, 0.25) is 0 Å². The molecule has 0 saturated heterocycles. The highest BCUT2D eigenvalue weighted by atomic mass is 15.2. The second-order valence-corrected chi connectivity index (χ2v) is 22.1. The molecule has 4 heteroatoms. The first-order chi connectivity index (χ1) is 41.4. The average molecular weight is 1100 g/mol. The van der Waals surface area contributed by atoms with Crippen molar-refractivity contribution in [1.29, 1.82) is 0 Å². The van der Waals surface area contributed by atoms with Gasteiger partial charge >= 0.3 is 0 Å². The zero-order chi connectivity index (χ0) is 57.8. The first-order valence-electron chi connectivity index (χ1n) is 31.0. The lowest BCUT2D eigenvalue weighted by atomic mass is 9.88. The fraction of sp³-hybridized carbons (Fsp3) is 0.200. The van der Waals surface area contributed by atoms with E-state index in [1.165, 1.54) is 99.6 Å². The lowest BCUT2D eigenvalue weighted by Gasteiger charge is -2.37. The van der Waals surface area contributed by atoms with Crippen molar-refractivity contribution in [3.8, 4) is 0 Å².